The monoisotopic (exact) mass is 255 g/mol. The zero-order valence-electron chi connectivity index (χ0n) is 11.0. The van der Waals surface area contributed by atoms with Gasteiger partial charge >= 0.3 is 0 Å². The Kier molecular flexibility index (Phi) is 3.29. The fraction of sp³-hybridized carbons (Fsp3) is 0.286. The molecule has 0 unspecified atom stereocenters. The highest BCUT2D eigenvalue weighted by Crippen LogP contribution is 2.09. The second-order valence-corrected chi connectivity index (χ2v) is 4.65. The van der Waals surface area contributed by atoms with E-state index in [0.717, 1.165) is 25.0 Å². The van der Waals surface area contributed by atoms with Crippen molar-refractivity contribution in [1.82, 2.24) is 24.7 Å². The molecule has 19 heavy (non-hydrogen) atoms. The molecule has 3 aromatic heterocycles. The molecule has 0 aliphatic heterocycles. The third-order valence-electron chi connectivity index (χ3n) is 3.17. The van der Waals surface area contributed by atoms with Gasteiger partial charge in [0.2, 0.25) is 0 Å². The predicted molar refractivity (Wildman–Crippen MR) is 73.8 cm³/mol. The second kappa shape index (κ2) is 5.24. The number of hydrogen-bond acceptors (Lipinski definition) is 3. The van der Waals surface area contributed by atoms with E-state index in [1.165, 1.54) is 11.1 Å². The maximum absolute atomic E-state index is 4.32. The number of nitrogens with zero attached hydrogens (tertiary/aromatic N) is 4. The number of aryl methyl sites for hydroxylation is 1. The first-order valence-corrected chi connectivity index (χ1v) is 6.42. The van der Waals surface area contributed by atoms with E-state index in [4.69, 9.17) is 0 Å². The maximum atomic E-state index is 4.32. The molecule has 5 nitrogen and oxygen atoms in total. The molecule has 0 saturated carbocycles. The van der Waals surface area contributed by atoms with Crippen molar-refractivity contribution in [2.45, 2.75) is 13.0 Å². The van der Waals surface area contributed by atoms with E-state index in [-0.39, 0.29) is 0 Å². The molecule has 3 heterocycles. The lowest BCUT2D eigenvalue weighted by Gasteiger charge is -2.02. The Morgan fingerprint density at radius 1 is 1.21 bits per heavy atom. The number of fused-ring (bicyclic) bond motifs is 1. The minimum absolute atomic E-state index is 0.841. The fourth-order valence-electron chi connectivity index (χ4n) is 2.18. The van der Waals surface area contributed by atoms with Crippen LogP contribution in [0.4, 0.5) is 0 Å². The van der Waals surface area contributed by atoms with E-state index in [0.29, 0.717) is 0 Å². The van der Waals surface area contributed by atoms with E-state index in [1.807, 2.05) is 47.0 Å². The van der Waals surface area contributed by atoms with Crippen LogP contribution in [0.15, 0.2) is 43.0 Å². The molecule has 0 fully saturated rings. The van der Waals surface area contributed by atoms with E-state index in [2.05, 4.69) is 27.8 Å². The summed E-state index contributed by atoms with van der Waals surface area (Å²) in [6.07, 6.45) is 8.85. The summed E-state index contributed by atoms with van der Waals surface area (Å²) in [6, 6.07) is 6.11. The summed E-state index contributed by atoms with van der Waals surface area (Å²) in [5, 5.41) is 11.9. The molecule has 98 valence electrons. The van der Waals surface area contributed by atoms with Gasteiger partial charge in [-0.15, -0.1) is 0 Å². The molecular formula is C14H17N5. The lowest BCUT2D eigenvalue weighted by atomic mass is 10.2. The van der Waals surface area contributed by atoms with E-state index in [1.54, 1.807) is 0 Å². The molecule has 0 bridgehead atoms. The van der Waals surface area contributed by atoms with Crippen molar-refractivity contribution in [3.8, 4) is 0 Å². The van der Waals surface area contributed by atoms with Crippen LogP contribution >= 0.6 is 0 Å². The van der Waals surface area contributed by atoms with Crippen molar-refractivity contribution in [2.24, 2.45) is 7.05 Å². The minimum atomic E-state index is 0.841. The molecule has 5 heteroatoms. The normalized spacial score (nSPS) is 11.2. The largest absolute Gasteiger partial charge is 0.312 e. The highest BCUT2D eigenvalue weighted by Gasteiger charge is 2.02. The van der Waals surface area contributed by atoms with Gasteiger partial charge in [0.15, 0.2) is 0 Å². The first-order chi connectivity index (χ1) is 9.33. The van der Waals surface area contributed by atoms with Crippen molar-refractivity contribution >= 4 is 5.52 Å². The van der Waals surface area contributed by atoms with Gasteiger partial charge in [0.1, 0.15) is 0 Å². The number of rotatable bonds is 5. The van der Waals surface area contributed by atoms with E-state index < -0.39 is 0 Å². The van der Waals surface area contributed by atoms with Gasteiger partial charge < -0.3 is 5.32 Å². The Hall–Kier alpha value is -2.14. The van der Waals surface area contributed by atoms with Gasteiger partial charge in [-0.05, 0) is 30.7 Å². The molecule has 0 spiro atoms. The molecule has 0 saturated heterocycles. The average Bonchev–Trinajstić information content (AvgIpc) is 3.02. The second-order valence-electron chi connectivity index (χ2n) is 4.65. The zero-order chi connectivity index (χ0) is 13.1. The fourth-order valence-corrected chi connectivity index (χ4v) is 2.18. The molecule has 0 amide bonds. The topological polar surface area (TPSA) is 47.2 Å². The number of hydrogen-bond donors (Lipinski definition) is 1. The quantitative estimate of drug-likeness (QED) is 0.701. The summed E-state index contributed by atoms with van der Waals surface area (Å²) < 4.78 is 3.73. The van der Waals surface area contributed by atoms with Gasteiger partial charge in [-0.25, -0.2) is 4.52 Å². The summed E-state index contributed by atoms with van der Waals surface area (Å²) in [7, 11) is 1.94. The molecule has 0 aliphatic rings. The third-order valence-corrected chi connectivity index (χ3v) is 3.17. The Bertz CT molecular complexity index is 667. The molecule has 3 aromatic rings. The highest BCUT2D eigenvalue weighted by atomic mass is 15.2. The minimum Gasteiger partial charge on any atom is -0.312 e. The van der Waals surface area contributed by atoms with E-state index >= 15 is 0 Å². The first kappa shape index (κ1) is 11.9. The van der Waals surface area contributed by atoms with Crippen LogP contribution in [-0.2, 0) is 20.0 Å². The maximum Gasteiger partial charge on any atom is 0.0706 e. The predicted octanol–water partition coefficient (Wildman–Crippen LogP) is 1.40. The molecule has 3 rings (SSSR count). The Labute approximate surface area is 111 Å². The van der Waals surface area contributed by atoms with Crippen LogP contribution in [0.2, 0.25) is 0 Å². The summed E-state index contributed by atoms with van der Waals surface area (Å²) >= 11 is 0. The summed E-state index contributed by atoms with van der Waals surface area (Å²) in [4.78, 5) is 0. The van der Waals surface area contributed by atoms with Gasteiger partial charge in [0, 0.05) is 31.5 Å². The van der Waals surface area contributed by atoms with Crippen LogP contribution < -0.4 is 5.32 Å². The van der Waals surface area contributed by atoms with Crippen LogP contribution in [-0.4, -0.2) is 25.9 Å². The van der Waals surface area contributed by atoms with Crippen molar-refractivity contribution in [2.75, 3.05) is 6.54 Å². The van der Waals surface area contributed by atoms with Crippen LogP contribution in [0.1, 0.15) is 11.1 Å². The zero-order valence-corrected chi connectivity index (χ0v) is 11.0. The van der Waals surface area contributed by atoms with Crippen molar-refractivity contribution in [3.63, 3.8) is 0 Å². The lowest BCUT2D eigenvalue weighted by Crippen LogP contribution is -2.16. The smallest absolute Gasteiger partial charge is 0.0706 e. The van der Waals surface area contributed by atoms with Gasteiger partial charge in [0.25, 0.3) is 0 Å². The third kappa shape index (κ3) is 2.66. The summed E-state index contributed by atoms with van der Waals surface area (Å²) in [6.45, 7) is 1.78. The van der Waals surface area contributed by atoms with Crippen molar-refractivity contribution in [3.05, 3.63) is 54.1 Å². The summed E-state index contributed by atoms with van der Waals surface area (Å²) in [5.41, 5.74) is 3.65. The molecule has 0 atom stereocenters. The molecule has 1 N–H and O–H groups in total. The summed E-state index contributed by atoms with van der Waals surface area (Å²) in [5.74, 6) is 0. The molecule has 0 aromatic carbocycles. The Morgan fingerprint density at radius 3 is 3.00 bits per heavy atom. The van der Waals surface area contributed by atoms with Crippen LogP contribution in [0.25, 0.3) is 5.52 Å². The van der Waals surface area contributed by atoms with Crippen molar-refractivity contribution in [1.29, 1.82) is 0 Å². The number of pyridine rings is 1. The Balaban J connectivity index is 1.55. The average molecular weight is 255 g/mol. The molecular weight excluding hydrogens is 238 g/mol. The van der Waals surface area contributed by atoms with Crippen molar-refractivity contribution < 1.29 is 0 Å². The highest BCUT2D eigenvalue weighted by molar-refractivity contribution is 5.53. The number of aromatic nitrogens is 4. The standard InChI is InChI=1S/C14H17N5/c1-18-11-12(8-16-18)5-6-15-9-13-10-17-19-7-3-2-4-14(13)19/h2-4,7-8,10-11,15H,5-6,9H2,1H3. The van der Waals surface area contributed by atoms with Gasteiger partial charge in [0.05, 0.1) is 17.9 Å². The van der Waals surface area contributed by atoms with Gasteiger partial charge in [-0.1, -0.05) is 6.07 Å². The van der Waals surface area contributed by atoms with E-state index in [9.17, 15) is 0 Å². The van der Waals surface area contributed by atoms with Crippen LogP contribution in [0.3, 0.4) is 0 Å². The van der Waals surface area contributed by atoms with Crippen LogP contribution in [0, 0.1) is 0 Å². The lowest BCUT2D eigenvalue weighted by molar-refractivity contribution is 0.689. The Morgan fingerprint density at radius 2 is 2.16 bits per heavy atom. The van der Waals surface area contributed by atoms with Gasteiger partial charge in [-0.2, -0.15) is 10.2 Å². The van der Waals surface area contributed by atoms with Gasteiger partial charge in [-0.3, -0.25) is 4.68 Å². The molecule has 0 aliphatic carbocycles. The van der Waals surface area contributed by atoms with Crippen LogP contribution in [0.5, 0.6) is 0 Å². The molecule has 0 radical (unpaired) electrons. The first-order valence-electron chi connectivity index (χ1n) is 6.42. The SMILES string of the molecule is Cn1cc(CCNCc2cnn3ccccc23)cn1. The number of nitrogens with one attached hydrogen (secondary N) is 1.